The smallest absolute Gasteiger partial charge is 0.376 e. The van der Waals surface area contributed by atoms with Gasteiger partial charge in [0.2, 0.25) is 10.0 Å². The van der Waals surface area contributed by atoms with E-state index in [1.807, 2.05) is 0 Å². The van der Waals surface area contributed by atoms with Crippen LogP contribution in [-0.2, 0) is 23.3 Å². The first-order chi connectivity index (χ1) is 8.95. The zero-order valence-electron chi connectivity index (χ0n) is 11.3. The molecule has 0 saturated heterocycles. The number of nitrogens with zero attached hydrogens (tertiary/aromatic N) is 3. The lowest BCUT2D eigenvalue weighted by molar-refractivity contribution is 0.0976. The molecule has 1 saturated carbocycles. The fourth-order valence-electron chi connectivity index (χ4n) is 2.78. The van der Waals surface area contributed by atoms with Crippen molar-refractivity contribution in [2.24, 2.45) is 4.52 Å². The Morgan fingerprint density at radius 2 is 1.58 bits per heavy atom. The van der Waals surface area contributed by atoms with Gasteiger partial charge in [0.25, 0.3) is 0 Å². The first kappa shape index (κ1) is 16.4. The van der Waals surface area contributed by atoms with Crippen molar-refractivity contribution in [3.63, 3.8) is 0 Å². The molecule has 1 aliphatic rings. The van der Waals surface area contributed by atoms with Crippen LogP contribution in [-0.4, -0.2) is 42.9 Å². The molecule has 0 radical (unpaired) electrons. The van der Waals surface area contributed by atoms with Crippen LogP contribution in [0.4, 0.5) is 0 Å². The molecule has 8 nitrogen and oxygen atoms in total. The monoisotopic (exact) mass is 309 g/mol. The van der Waals surface area contributed by atoms with Gasteiger partial charge in [0.15, 0.2) is 0 Å². The molecule has 0 aliphatic heterocycles. The predicted octanol–water partition coefficient (Wildman–Crippen LogP) is 1.75. The Morgan fingerprint density at radius 3 is 1.95 bits per heavy atom. The average molecular weight is 309 g/mol. The summed E-state index contributed by atoms with van der Waals surface area (Å²) in [7, 11) is -3.50. The lowest BCUT2D eigenvalue weighted by Crippen LogP contribution is -2.67. The minimum Gasteiger partial charge on any atom is -0.376 e. The molecule has 0 heterocycles. The van der Waals surface area contributed by atoms with Crippen molar-refractivity contribution >= 4 is 18.8 Å². The summed E-state index contributed by atoms with van der Waals surface area (Å²) in [4.78, 5) is 2.44. The van der Waals surface area contributed by atoms with Crippen LogP contribution in [0.5, 0.6) is 0 Å². The second-order valence-corrected chi connectivity index (χ2v) is 9.92. The van der Waals surface area contributed by atoms with E-state index in [1.54, 1.807) is 0 Å². The van der Waals surface area contributed by atoms with Gasteiger partial charge in [-0.15, -0.1) is 0 Å². The molecule has 0 atom stereocenters. The Morgan fingerprint density at radius 1 is 1.11 bits per heavy atom. The first-order valence-electron chi connectivity index (χ1n) is 5.91. The van der Waals surface area contributed by atoms with Gasteiger partial charge in [-0.05, 0) is 18.4 Å². The molecule has 1 rings (SSSR count). The standard InChI is InChI=1S/C9H19N3O5SSi/c1-15-19(16-2,17-3)9(7-5-4-6-8-9)18(13,14)12-11-10/h4-8H2,1-3H3. The van der Waals surface area contributed by atoms with Gasteiger partial charge < -0.3 is 13.3 Å². The lowest BCUT2D eigenvalue weighted by atomic mass is 9.99. The predicted molar refractivity (Wildman–Crippen MR) is 70.7 cm³/mol. The third-order valence-corrected chi connectivity index (χ3v) is 10.1. The van der Waals surface area contributed by atoms with E-state index in [0.717, 1.165) is 6.42 Å². The SMILES string of the molecule is CO[Si](OC)(OC)C1(S(=O)(=O)N=[N+]=[N-])CCCCC1. The number of sulfonamides is 1. The number of azide groups is 1. The van der Waals surface area contributed by atoms with Crippen molar-refractivity contribution in [1.29, 1.82) is 0 Å². The molecule has 0 aromatic carbocycles. The molecule has 0 aromatic rings. The molecule has 0 spiro atoms. The molecular weight excluding hydrogens is 290 g/mol. The van der Waals surface area contributed by atoms with Gasteiger partial charge in [-0.25, -0.2) is 8.42 Å². The Labute approximate surface area is 114 Å². The van der Waals surface area contributed by atoms with Gasteiger partial charge in [0, 0.05) is 30.8 Å². The molecule has 0 N–H and O–H groups in total. The summed E-state index contributed by atoms with van der Waals surface area (Å²) >= 11 is 0. The number of hydrogen-bond acceptors (Lipinski definition) is 5. The molecule has 110 valence electrons. The van der Waals surface area contributed by atoms with Crippen molar-refractivity contribution in [3.05, 3.63) is 10.4 Å². The summed E-state index contributed by atoms with van der Waals surface area (Å²) < 4.78 is 42.5. The van der Waals surface area contributed by atoms with Crippen LogP contribution in [0.1, 0.15) is 32.1 Å². The van der Waals surface area contributed by atoms with E-state index in [2.05, 4.69) is 9.43 Å². The molecule has 19 heavy (non-hydrogen) atoms. The van der Waals surface area contributed by atoms with E-state index in [4.69, 9.17) is 18.8 Å². The second kappa shape index (κ2) is 6.20. The molecule has 0 unspecified atom stereocenters. The minimum atomic E-state index is -4.09. The second-order valence-electron chi connectivity index (χ2n) is 4.37. The van der Waals surface area contributed by atoms with Crippen LogP contribution >= 0.6 is 0 Å². The van der Waals surface area contributed by atoms with Gasteiger partial charge in [-0.3, -0.25) is 0 Å². The number of rotatable bonds is 6. The van der Waals surface area contributed by atoms with Crippen LogP contribution < -0.4 is 0 Å². The summed E-state index contributed by atoms with van der Waals surface area (Å²) in [5, 5.41) is 0. The Kier molecular flexibility index (Phi) is 5.36. The van der Waals surface area contributed by atoms with E-state index in [0.29, 0.717) is 25.7 Å². The Balaban J connectivity index is 3.47. The summed E-state index contributed by atoms with van der Waals surface area (Å²) in [5.41, 5.74) is 8.50. The van der Waals surface area contributed by atoms with Crippen molar-refractivity contribution in [1.82, 2.24) is 0 Å². The maximum atomic E-state index is 12.4. The topological polar surface area (TPSA) is 111 Å². The van der Waals surface area contributed by atoms with Crippen molar-refractivity contribution in [2.75, 3.05) is 21.3 Å². The highest BCUT2D eigenvalue weighted by molar-refractivity contribution is 7.93. The van der Waals surface area contributed by atoms with Gasteiger partial charge in [0.1, 0.15) is 4.37 Å². The Bertz CT molecular complexity index is 444. The largest absolute Gasteiger partial charge is 0.522 e. The van der Waals surface area contributed by atoms with E-state index in [9.17, 15) is 8.42 Å². The summed E-state index contributed by atoms with van der Waals surface area (Å²) in [6, 6.07) is 0. The Hall–Kier alpha value is -0.643. The quantitative estimate of drug-likeness (QED) is 0.321. The van der Waals surface area contributed by atoms with E-state index >= 15 is 0 Å². The van der Waals surface area contributed by atoms with Crippen LogP contribution in [0, 0.1) is 0 Å². The van der Waals surface area contributed by atoms with Crippen molar-refractivity contribution < 1.29 is 21.7 Å². The average Bonchev–Trinajstić information content (AvgIpc) is 2.42. The minimum absolute atomic E-state index is 0.316. The highest BCUT2D eigenvalue weighted by Crippen LogP contribution is 2.44. The molecule has 0 aromatic heterocycles. The van der Waals surface area contributed by atoms with Crippen LogP contribution in [0.2, 0.25) is 0 Å². The van der Waals surface area contributed by atoms with Crippen LogP contribution in [0.15, 0.2) is 4.52 Å². The fraction of sp³-hybridized carbons (Fsp3) is 1.00. The number of hydrogen-bond donors (Lipinski definition) is 0. The summed E-state index contributed by atoms with van der Waals surface area (Å²) in [6.07, 6.45) is 2.96. The highest BCUT2D eigenvalue weighted by Gasteiger charge is 2.67. The molecule has 10 heteroatoms. The maximum Gasteiger partial charge on any atom is 0.522 e. The van der Waals surface area contributed by atoms with Gasteiger partial charge >= 0.3 is 8.80 Å². The van der Waals surface area contributed by atoms with E-state index in [-0.39, 0.29) is 0 Å². The molecular formula is C9H19N3O5SSi. The zero-order chi connectivity index (χ0) is 14.6. The van der Waals surface area contributed by atoms with Crippen LogP contribution in [0.25, 0.3) is 10.4 Å². The zero-order valence-corrected chi connectivity index (χ0v) is 13.1. The van der Waals surface area contributed by atoms with E-state index < -0.39 is 23.2 Å². The van der Waals surface area contributed by atoms with Crippen molar-refractivity contribution in [3.8, 4) is 0 Å². The van der Waals surface area contributed by atoms with Gasteiger partial charge in [-0.2, -0.15) is 0 Å². The van der Waals surface area contributed by atoms with Gasteiger partial charge in [-0.1, -0.05) is 19.3 Å². The molecule has 1 aliphatic carbocycles. The third kappa shape index (κ3) is 2.51. The fourth-order valence-corrected chi connectivity index (χ4v) is 8.55. The normalized spacial score (nSPS) is 19.7. The maximum absolute atomic E-state index is 12.4. The highest BCUT2D eigenvalue weighted by atomic mass is 32.2. The lowest BCUT2D eigenvalue weighted by Gasteiger charge is -2.43. The first-order valence-corrected chi connectivity index (χ1v) is 9.08. The molecule has 0 amide bonds. The van der Waals surface area contributed by atoms with E-state index in [1.165, 1.54) is 21.3 Å². The third-order valence-electron chi connectivity index (χ3n) is 3.66. The summed E-state index contributed by atoms with van der Waals surface area (Å²) in [5.74, 6) is 0. The molecule has 0 bridgehead atoms. The van der Waals surface area contributed by atoms with Crippen molar-refractivity contribution in [2.45, 2.75) is 36.5 Å². The summed E-state index contributed by atoms with van der Waals surface area (Å²) in [6.45, 7) is 0. The van der Waals surface area contributed by atoms with Crippen LogP contribution in [0.3, 0.4) is 0 Å². The van der Waals surface area contributed by atoms with Gasteiger partial charge in [0.05, 0.1) is 0 Å². The molecule has 1 fully saturated rings.